The quantitative estimate of drug-likeness (QED) is 0.280. The summed E-state index contributed by atoms with van der Waals surface area (Å²) in [5.41, 5.74) is 0.244. The number of ether oxygens (including phenoxy) is 2. The van der Waals surface area contributed by atoms with Crippen LogP contribution in [-0.2, 0) is 25.7 Å². The first-order valence-corrected chi connectivity index (χ1v) is 14.9. The van der Waals surface area contributed by atoms with Crippen LogP contribution in [0.3, 0.4) is 0 Å². The smallest absolute Gasteiger partial charge is 0.379 e. The fourth-order valence-corrected chi connectivity index (χ4v) is 6.48. The van der Waals surface area contributed by atoms with Gasteiger partial charge in [0.25, 0.3) is 0 Å². The maximum atomic E-state index is 13.7. The van der Waals surface area contributed by atoms with E-state index in [1.165, 1.54) is 28.7 Å². The molecule has 1 N–H and O–H groups in total. The summed E-state index contributed by atoms with van der Waals surface area (Å²) in [6, 6.07) is 13.4. The van der Waals surface area contributed by atoms with Crippen molar-refractivity contribution >= 4 is 32.4 Å². The van der Waals surface area contributed by atoms with Crippen molar-refractivity contribution in [2.24, 2.45) is 5.92 Å². The van der Waals surface area contributed by atoms with E-state index in [-0.39, 0.29) is 28.2 Å². The van der Waals surface area contributed by atoms with Crippen LogP contribution in [0.15, 0.2) is 65.7 Å². The molecule has 2 aliphatic rings. The molecule has 1 saturated heterocycles. The summed E-state index contributed by atoms with van der Waals surface area (Å²) < 4.78 is 79.6. The van der Waals surface area contributed by atoms with Gasteiger partial charge in [0.1, 0.15) is 11.9 Å². The standard InChI is InChI=1S/C29H28F3N5O4S/c1-40-26(18-4-5-18)28-35-24-17-19(25-23(29(30,31)32)3-2-12-33-25)6-11-22(24)27(36-28)34-20-7-9-21(10-8-20)42(38,39)37-13-15-41-16-14-37/h2-3,6-12,17-18,26H,4-5,13-16H2,1H3,(H,34,35,36). The van der Waals surface area contributed by atoms with Gasteiger partial charge < -0.3 is 14.8 Å². The van der Waals surface area contributed by atoms with E-state index in [9.17, 15) is 21.6 Å². The van der Waals surface area contributed by atoms with Crippen LogP contribution in [0.5, 0.6) is 0 Å². The Labute approximate surface area is 240 Å². The van der Waals surface area contributed by atoms with Crippen molar-refractivity contribution < 1.29 is 31.1 Å². The topological polar surface area (TPSA) is 107 Å². The highest BCUT2D eigenvalue weighted by molar-refractivity contribution is 7.89. The molecule has 13 heteroatoms. The van der Waals surface area contributed by atoms with Gasteiger partial charge in [-0.05, 0) is 67.3 Å². The molecule has 2 aromatic heterocycles. The minimum absolute atomic E-state index is 0.164. The van der Waals surface area contributed by atoms with E-state index in [1.54, 1.807) is 37.4 Å². The molecule has 2 fully saturated rings. The summed E-state index contributed by atoms with van der Waals surface area (Å²) in [4.78, 5) is 13.6. The van der Waals surface area contributed by atoms with E-state index in [0.29, 0.717) is 54.5 Å². The lowest BCUT2D eigenvalue weighted by Gasteiger charge is -2.26. The first kappa shape index (κ1) is 28.5. The van der Waals surface area contributed by atoms with Gasteiger partial charge in [-0.15, -0.1) is 0 Å². The Hall–Kier alpha value is -3.65. The van der Waals surface area contributed by atoms with Crippen LogP contribution >= 0.6 is 0 Å². The lowest BCUT2D eigenvalue weighted by Crippen LogP contribution is -2.40. The van der Waals surface area contributed by atoms with Crippen LogP contribution in [0.25, 0.3) is 22.2 Å². The highest BCUT2D eigenvalue weighted by Crippen LogP contribution is 2.43. The third kappa shape index (κ3) is 5.69. The number of hydrogen-bond acceptors (Lipinski definition) is 8. The van der Waals surface area contributed by atoms with Crippen molar-refractivity contribution in [1.82, 2.24) is 19.3 Å². The lowest BCUT2D eigenvalue weighted by atomic mass is 10.0. The Morgan fingerprint density at radius 3 is 2.45 bits per heavy atom. The molecule has 1 saturated carbocycles. The fraction of sp³-hybridized carbons (Fsp3) is 0.345. The van der Waals surface area contributed by atoms with Gasteiger partial charge in [0.2, 0.25) is 10.0 Å². The van der Waals surface area contributed by atoms with E-state index in [1.807, 2.05) is 0 Å². The lowest BCUT2D eigenvalue weighted by molar-refractivity contribution is -0.137. The molecule has 0 bridgehead atoms. The molecule has 4 aromatic rings. The maximum absolute atomic E-state index is 13.7. The summed E-state index contributed by atoms with van der Waals surface area (Å²) in [5, 5.41) is 3.82. The summed E-state index contributed by atoms with van der Waals surface area (Å²) in [5.74, 6) is 1.08. The molecule has 0 radical (unpaired) electrons. The molecule has 0 spiro atoms. The first-order valence-electron chi connectivity index (χ1n) is 13.5. The Morgan fingerprint density at radius 2 is 1.79 bits per heavy atom. The van der Waals surface area contributed by atoms with Crippen molar-refractivity contribution in [3.05, 3.63) is 72.2 Å². The highest BCUT2D eigenvalue weighted by Gasteiger charge is 2.36. The number of rotatable bonds is 8. The van der Waals surface area contributed by atoms with Gasteiger partial charge in [0, 0.05) is 43.0 Å². The number of nitrogens with one attached hydrogen (secondary N) is 1. The van der Waals surface area contributed by atoms with E-state index in [2.05, 4.69) is 10.3 Å². The number of methoxy groups -OCH3 is 1. The van der Waals surface area contributed by atoms with Gasteiger partial charge in [-0.25, -0.2) is 18.4 Å². The van der Waals surface area contributed by atoms with E-state index < -0.39 is 21.8 Å². The molecule has 42 heavy (non-hydrogen) atoms. The highest BCUT2D eigenvalue weighted by atomic mass is 32.2. The molecule has 1 atom stereocenters. The van der Waals surface area contributed by atoms with Gasteiger partial charge in [-0.1, -0.05) is 6.07 Å². The molecule has 2 aromatic carbocycles. The second-order valence-electron chi connectivity index (χ2n) is 10.2. The number of hydrogen-bond donors (Lipinski definition) is 1. The van der Waals surface area contributed by atoms with Crippen LogP contribution < -0.4 is 5.32 Å². The Kier molecular flexibility index (Phi) is 7.60. The molecule has 1 unspecified atom stereocenters. The number of sulfonamides is 1. The average Bonchev–Trinajstić information content (AvgIpc) is 3.83. The Balaban J connectivity index is 1.38. The van der Waals surface area contributed by atoms with Gasteiger partial charge in [-0.3, -0.25) is 4.98 Å². The minimum atomic E-state index is -4.57. The predicted molar refractivity (Wildman–Crippen MR) is 150 cm³/mol. The van der Waals surface area contributed by atoms with Gasteiger partial charge in [-0.2, -0.15) is 17.5 Å². The van der Waals surface area contributed by atoms with Gasteiger partial charge >= 0.3 is 6.18 Å². The van der Waals surface area contributed by atoms with E-state index in [4.69, 9.17) is 19.4 Å². The van der Waals surface area contributed by atoms with Gasteiger partial charge in [0.15, 0.2) is 5.82 Å². The SMILES string of the molecule is COC(c1nc(Nc2ccc(S(=O)(=O)N3CCOCC3)cc2)c2ccc(-c3ncccc3C(F)(F)F)cc2n1)C1CC1. The van der Waals surface area contributed by atoms with Crippen molar-refractivity contribution in [3.63, 3.8) is 0 Å². The second kappa shape index (κ2) is 11.2. The van der Waals surface area contributed by atoms with Crippen LogP contribution in [0.2, 0.25) is 0 Å². The zero-order valence-corrected chi connectivity index (χ0v) is 23.5. The average molecular weight is 600 g/mol. The Bertz CT molecular complexity index is 1710. The monoisotopic (exact) mass is 599 g/mol. The molecule has 9 nitrogen and oxygen atoms in total. The summed E-state index contributed by atoms with van der Waals surface area (Å²) >= 11 is 0. The zero-order valence-electron chi connectivity index (χ0n) is 22.6. The number of aromatic nitrogens is 3. The summed E-state index contributed by atoms with van der Waals surface area (Å²) in [6.07, 6.45) is -1.70. The molecule has 220 valence electrons. The number of alkyl halides is 3. The third-order valence-corrected chi connectivity index (χ3v) is 9.30. The molecule has 0 amide bonds. The normalized spacial score (nSPS) is 17.3. The fourth-order valence-electron chi connectivity index (χ4n) is 5.07. The number of morpholine rings is 1. The predicted octanol–water partition coefficient (Wildman–Crippen LogP) is 5.57. The van der Waals surface area contributed by atoms with Crippen molar-refractivity contribution in [3.8, 4) is 11.3 Å². The largest absolute Gasteiger partial charge is 0.418 e. The van der Waals surface area contributed by atoms with Crippen LogP contribution in [0.4, 0.5) is 24.7 Å². The minimum Gasteiger partial charge on any atom is -0.379 e. The van der Waals surface area contributed by atoms with E-state index >= 15 is 0 Å². The number of anilines is 2. The zero-order chi connectivity index (χ0) is 29.5. The van der Waals surface area contributed by atoms with Crippen LogP contribution in [0, 0.1) is 5.92 Å². The summed E-state index contributed by atoms with van der Waals surface area (Å²) in [6.45, 7) is 1.30. The molecule has 6 rings (SSSR count). The Morgan fingerprint density at radius 1 is 1.05 bits per heavy atom. The molecule has 3 heterocycles. The van der Waals surface area contributed by atoms with Crippen LogP contribution in [-0.4, -0.2) is 61.1 Å². The number of halogens is 3. The van der Waals surface area contributed by atoms with Crippen molar-refractivity contribution in [1.29, 1.82) is 0 Å². The summed E-state index contributed by atoms with van der Waals surface area (Å²) in [7, 11) is -2.08. The number of pyridine rings is 1. The molecule has 1 aliphatic heterocycles. The first-order chi connectivity index (χ1) is 20.1. The molecular weight excluding hydrogens is 571 g/mol. The number of fused-ring (bicyclic) bond motifs is 1. The maximum Gasteiger partial charge on any atom is 0.418 e. The van der Waals surface area contributed by atoms with Gasteiger partial charge in [0.05, 0.1) is 34.9 Å². The molecular formula is C29H28F3N5O4S. The van der Waals surface area contributed by atoms with E-state index in [0.717, 1.165) is 18.9 Å². The molecule has 1 aliphatic carbocycles. The van der Waals surface area contributed by atoms with Crippen molar-refractivity contribution in [2.45, 2.75) is 30.0 Å². The third-order valence-electron chi connectivity index (χ3n) is 7.38. The van der Waals surface area contributed by atoms with Crippen molar-refractivity contribution in [2.75, 3.05) is 38.7 Å². The number of nitrogens with zero attached hydrogens (tertiary/aromatic N) is 4. The number of benzene rings is 2. The second-order valence-corrected chi connectivity index (χ2v) is 12.2. The van der Waals surface area contributed by atoms with Crippen LogP contribution in [0.1, 0.15) is 30.3 Å².